The molecule has 1 aromatic carbocycles. The highest BCUT2D eigenvalue weighted by atomic mass is 32.1. The minimum absolute atomic E-state index is 0.0665. The highest BCUT2D eigenvalue weighted by Crippen LogP contribution is 2.30. The first-order valence-electron chi connectivity index (χ1n) is 9.66. The van der Waals surface area contributed by atoms with E-state index in [1.165, 1.54) is 10.4 Å². The fraction of sp³-hybridized carbons (Fsp3) is 0.318. The number of rotatable bonds is 4. The molecule has 4 rings (SSSR count). The topological polar surface area (TPSA) is 49.3 Å². The van der Waals surface area contributed by atoms with E-state index in [-0.39, 0.29) is 5.91 Å². The predicted molar refractivity (Wildman–Crippen MR) is 116 cm³/mol. The summed E-state index contributed by atoms with van der Waals surface area (Å²) in [6.07, 6.45) is 6.22. The molecule has 1 aliphatic rings. The molecule has 0 N–H and O–H groups in total. The lowest BCUT2D eigenvalue weighted by atomic mass is 10.1. The van der Waals surface area contributed by atoms with E-state index in [0.29, 0.717) is 13.1 Å². The molecule has 3 heterocycles. The van der Waals surface area contributed by atoms with Crippen molar-refractivity contribution in [2.75, 3.05) is 31.1 Å². The van der Waals surface area contributed by atoms with Crippen LogP contribution in [-0.4, -0.2) is 47.0 Å². The Kier molecular flexibility index (Phi) is 5.39. The lowest BCUT2D eigenvalue weighted by Gasteiger charge is -2.35. The standard InChI is InChI=1S/C22H24N4OS/c1-3-18-14-19-21(23-15-24-22(19)28-18)26-12-10-25(11-13-26)20(27)9-8-17-6-4-16(2)5-7-17/h4-9,14-15H,3,10-13H2,1-2H3/b9-8+. The van der Waals surface area contributed by atoms with Crippen molar-refractivity contribution in [1.82, 2.24) is 14.9 Å². The van der Waals surface area contributed by atoms with Crippen LogP contribution < -0.4 is 4.90 Å². The Morgan fingerprint density at radius 1 is 1.14 bits per heavy atom. The van der Waals surface area contributed by atoms with Gasteiger partial charge < -0.3 is 9.80 Å². The summed E-state index contributed by atoms with van der Waals surface area (Å²) in [5.41, 5.74) is 2.26. The molecule has 0 bridgehead atoms. The van der Waals surface area contributed by atoms with Crippen LogP contribution in [0.4, 0.5) is 5.82 Å². The molecule has 1 fully saturated rings. The molecule has 5 nitrogen and oxygen atoms in total. The van der Waals surface area contributed by atoms with Gasteiger partial charge in [-0.15, -0.1) is 11.3 Å². The quantitative estimate of drug-likeness (QED) is 0.632. The van der Waals surface area contributed by atoms with Gasteiger partial charge in [-0.1, -0.05) is 36.8 Å². The monoisotopic (exact) mass is 392 g/mol. The van der Waals surface area contributed by atoms with E-state index >= 15 is 0 Å². The number of aryl methyl sites for hydroxylation is 2. The van der Waals surface area contributed by atoms with Crippen molar-refractivity contribution in [3.8, 4) is 0 Å². The third-order valence-electron chi connectivity index (χ3n) is 5.09. The van der Waals surface area contributed by atoms with Gasteiger partial charge in [0.2, 0.25) is 5.91 Å². The summed E-state index contributed by atoms with van der Waals surface area (Å²) in [4.78, 5) is 28.0. The normalized spacial score (nSPS) is 14.9. The number of fused-ring (bicyclic) bond motifs is 1. The predicted octanol–water partition coefficient (Wildman–Crippen LogP) is 3.92. The number of carbonyl (C=O) groups is 1. The summed E-state index contributed by atoms with van der Waals surface area (Å²) in [6, 6.07) is 10.4. The molecule has 0 atom stereocenters. The van der Waals surface area contributed by atoms with E-state index in [9.17, 15) is 4.79 Å². The van der Waals surface area contributed by atoms with E-state index < -0.39 is 0 Å². The van der Waals surface area contributed by atoms with Crippen LogP contribution in [0.15, 0.2) is 42.7 Å². The minimum atomic E-state index is 0.0665. The second kappa shape index (κ2) is 8.10. The van der Waals surface area contributed by atoms with Gasteiger partial charge in [-0.3, -0.25) is 4.79 Å². The highest BCUT2D eigenvalue weighted by molar-refractivity contribution is 7.18. The molecule has 1 amide bonds. The maximum Gasteiger partial charge on any atom is 0.246 e. The van der Waals surface area contributed by atoms with Crippen LogP contribution in [0.1, 0.15) is 22.9 Å². The van der Waals surface area contributed by atoms with E-state index in [2.05, 4.69) is 46.9 Å². The van der Waals surface area contributed by atoms with Crippen molar-refractivity contribution in [1.29, 1.82) is 0 Å². The summed E-state index contributed by atoms with van der Waals surface area (Å²) in [7, 11) is 0. The molecule has 1 saturated heterocycles. The second-order valence-electron chi connectivity index (χ2n) is 7.04. The Bertz CT molecular complexity index is 1000. The molecule has 0 saturated carbocycles. The summed E-state index contributed by atoms with van der Waals surface area (Å²) in [5.74, 6) is 1.06. The molecule has 0 radical (unpaired) electrons. The van der Waals surface area contributed by atoms with Crippen LogP contribution in [-0.2, 0) is 11.2 Å². The Labute approximate surface area is 169 Å². The molecule has 1 aliphatic heterocycles. The van der Waals surface area contributed by atoms with Crippen molar-refractivity contribution in [3.05, 3.63) is 58.7 Å². The first kappa shape index (κ1) is 18.6. The average Bonchev–Trinajstić information content (AvgIpc) is 3.17. The van der Waals surface area contributed by atoms with Crippen LogP contribution in [0, 0.1) is 6.92 Å². The molecular weight excluding hydrogens is 368 g/mol. The number of hydrogen-bond acceptors (Lipinski definition) is 5. The third kappa shape index (κ3) is 3.92. The van der Waals surface area contributed by atoms with Gasteiger partial charge in [0, 0.05) is 37.1 Å². The second-order valence-corrected chi connectivity index (χ2v) is 8.15. The van der Waals surface area contributed by atoms with E-state index in [0.717, 1.165) is 41.1 Å². The minimum Gasteiger partial charge on any atom is -0.352 e. The smallest absolute Gasteiger partial charge is 0.246 e. The number of hydrogen-bond donors (Lipinski definition) is 0. The fourth-order valence-electron chi connectivity index (χ4n) is 3.41. The lowest BCUT2D eigenvalue weighted by Crippen LogP contribution is -2.48. The zero-order chi connectivity index (χ0) is 19.5. The molecule has 144 valence electrons. The zero-order valence-corrected chi connectivity index (χ0v) is 17.1. The Morgan fingerprint density at radius 2 is 1.89 bits per heavy atom. The van der Waals surface area contributed by atoms with Crippen LogP contribution in [0.3, 0.4) is 0 Å². The van der Waals surface area contributed by atoms with Gasteiger partial charge in [-0.05, 0) is 31.1 Å². The van der Waals surface area contributed by atoms with Gasteiger partial charge in [0.15, 0.2) is 0 Å². The van der Waals surface area contributed by atoms with Crippen molar-refractivity contribution in [3.63, 3.8) is 0 Å². The summed E-state index contributed by atoms with van der Waals surface area (Å²) >= 11 is 1.73. The van der Waals surface area contributed by atoms with Gasteiger partial charge in [0.25, 0.3) is 0 Å². The Balaban J connectivity index is 1.41. The lowest BCUT2D eigenvalue weighted by molar-refractivity contribution is -0.126. The molecule has 6 heteroatoms. The fourth-order valence-corrected chi connectivity index (χ4v) is 4.34. The summed E-state index contributed by atoms with van der Waals surface area (Å²) in [5, 5.41) is 1.13. The highest BCUT2D eigenvalue weighted by Gasteiger charge is 2.22. The number of anilines is 1. The molecule has 28 heavy (non-hydrogen) atoms. The summed E-state index contributed by atoms with van der Waals surface area (Å²) < 4.78 is 0. The first-order chi connectivity index (χ1) is 13.6. The number of nitrogens with zero attached hydrogens (tertiary/aromatic N) is 4. The van der Waals surface area contributed by atoms with Gasteiger partial charge in [0.1, 0.15) is 17.0 Å². The first-order valence-corrected chi connectivity index (χ1v) is 10.5. The SMILES string of the molecule is CCc1cc2c(N3CCN(C(=O)/C=C/c4ccc(C)cc4)CC3)ncnc2s1. The number of amides is 1. The molecule has 0 unspecified atom stereocenters. The average molecular weight is 393 g/mol. The number of aromatic nitrogens is 2. The van der Waals surface area contributed by atoms with Crippen molar-refractivity contribution in [2.45, 2.75) is 20.3 Å². The molecule has 2 aromatic heterocycles. The number of benzene rings is 1. The van der Waals surface area contributed by atoms with Gasteiger partial charge >= 0.3 is 0 Å². The van der Waals surface area contributed by atoms with Crippen molar-refractivity contribution >= 4 is 39.4 Å². The van der Waals surface area contributed by atoms with Gasteiger partial charge in [-0.25, -0.2) is 9.97 Å². The third-order valence-corrected chi connectivity index (χ3v) is 6.28. The van der Waals surface area contributed by atoms with E-state index in [1.54, 1.807) is 23.7 Å². The van der Waals surface area contributed by atoms with Gasteiger partial charge in [-0.2, -0.15) is 0 Å². The summed E-state index contributed by atoms with van der Waals surface area (Å²) in [6.45, 7) is 7.19. The molecule has 0 spiro atoms. The maximum absolute atomic E-state index is 12.5. The molecular formula is C22H24N4OS. The zero-order valence-electron chi connectivity index (χ0n) is 16.3. The van der Waals surface area contributed by atoms with Crippen LogP contribution in [0.2, 0.25) is 0 Å². The van der Waals surface area contributed by atoms with Crippen molar-refractivity contribution in [2.24, 2.45) is 0 Å². The van der Waals surface area contributed by atoms with Gasteiger partial charge in [0.05, 0.1) is 5.39 Å². The number of thiophene rings is 1. The largest absolute Gasteiger partial charge is 0.352 e. The molecule has 0 aliphatic carbocycles. The van der Waals surface area contributed by atoms with Crippen molar-refractivity contribution < 1.29 is 4.79 Å². The Hall–Kier alpha value is -2.73. The number of piperazine rings is 1. The maximum atomic E-state index is 12.5. The number of carbonyl (C=O) groups excluding carboxylic acids is 1. The van der Waals surface area contributed by atoms with Crippen LogP contribution in [0.5, 0.6) is 0 Å². The van der Waals surface area contributed by atoms with E-state index in [1.807, 2.05) is 23.1 Å². The molecule has 3 aromatic rings. The van der Waals surface area contributed by atoms with Crippen LogP contribution in [0.25, 0.3) is 16.3 Å². The van der Waals surface area contributed by atoms with Crippen LogP contribution >= 0.6 is 11.3 Å². The Morgan fingerprint density at radius 3 is 2.61 bits per heavy atom. The van der Waals surface area contributed by atoms with E-state index in [4.69, 9.17) is 0 Å².